The molecule has 3 heterocycles. The lowest BCUT2D eigenvalue weighted by atomic mass is 9.71. The van der Waals surface area contributed by atoms with Crippen LogP contribution >= 0.6 is 34.5 Å². The highest BCUT2D eigenvalue weighted by Gasteiger charge is 2.74. The molecule has 3 fully saturated rings. The van der Waals surface area contributed by atoms with Gasteiger partial charge in [-0.15, -0.1) is 11.3 Å². The molecule has 0 aliphatic heterocycles. The summed E-state index contributed by atoms with van der Waals surface area (Å²) in [6, 6.07) is 8.30. The van der Waals surface area contributed by atoms with E-state index in [0.717, 1.165) is 36.2 Å². The van der Waals surface area contributed by atoms with Crippen molar-refractivity contribution < 1.29 is 23.3 Å². The predicted molar refractivity (Wildman–Crippen MR) is 160 cm³/mol. The minimum Gasteiger partial charge on any atom is -0.378 e. The van der Waals surface area contributed by atoms with Gasteiger partial charge in [-0.05, 0) is 67.9 Å². The van der Waals surface area contributed by atoms with Crippen LogP contribution in [-0.2, 0) is 16.9 Å². The standard InChI is InChI=1S/C31H23Cl2FN4O5S/c32-19-2-1-3-20(33)23(19)24-18(26(42-37-24)13-4-5-13)12-41-17-9-15-8-16-10-30(16,11-17)31(15,40)28-35-25-21(34)6-14(7-22(25)44-28)27-36-29(39)43-38-27/h1-3,6-8,13,16-17,40H,4-5,9-12H2,(H,36,38,39)/t16?,17-,30+,31-/m1/s1. The predicted octanol–water partition coefficient (Wildman–Crippen LogP) is 7.13. The van der Waals surface area contributed by atoms with Gasteiger partial charge >= 0.3 is 5.76 Å². The molecule has 1 spiro atoms. The largest absolute Gasteiger partial charge is 0.439 e. The van der Waals surface area contributed by atoms with Crippen molar-refractivity contribution in [1.29, 1.82) is 0 Å². The van der Waals surface area contributed by atoms with Gasteiger partial charge in [-0.25, -0.2) is 14.2 Å². The summed E-state index contributed by atoms with van der Waals surface area (Å²) in [4.78, 5) is 18.5. The van der Waals surface area contributed by atoms with Gasteiger partial charge in [0.25, 0.3) is 0 Å². The number of nitrogens with one attached hydrogen (secondary N) is 1. The molecule has 2 N–H and O–H groups in total. The lowest BCUT2D eigenvalue weighted by molar-refractivity contribution is -0.0766. The average Bonchev–Trinajstić information content (AvgIpc) is 3.75. The summed E-state index contributed by atoms with van der Waals surface area (Å²) >= 11 is 14.3. The van der Waals surface area contributed by atoms with Crippen LogP contribution in [0.5, 0.6) is 0 Å². The number of aromatic nitrogens is 4. The first-order chi connectivity index (χ1) is 21.2. The number of ether oxygens (including phenoxy) is 1. The van der Waals surface area contributed by atoms with E-state index in [1.807, 2.05) is 0 Å². The van der Waals surface area contributed by atoms with Crippen LogP contribution in [0.3, 0.4) is 0 Å². The second-order valence-electron chi connectivity index (χ2n) is 12.2. The number of rotatable bonds is 7. The average molecular weight is 654 g/mol. The van der Waals surface area contributed by atoms with Gasteiger partial charge in [0, 0.05) is 28.0 Å². The van der Waals surface area contributed by atoms with Crippen molar-refractivity contribution >= 4 is 44.8 Å². The van der Waals surface area contributed by atoms with E-state index in [9.17, 15) is 9.90 Å². The number of aromatic amines is 1. The van der Waals surface area contributed by atoms with E-state index >= 15 is 4.39 Å². The molecule has 5 aromatic rings. The Balaban J connectivity index is 1.01. The molecule has 3 aromatic heterocycles. The summed E-state index contributed by atoms with van der Waals surface area (Å²) in [5.74, 6) is 0.172. The first-order valence-electron chi connectivity index (χ1n) is 14.4. The van der Waals surface area contributed by atoms with Crippen LogP contribution in [0.1, 0.15) is 54.4 Å². The third-order valence-corrected chi connectivity index (χ3v) is 11.4. The maximum atomic E-state index is 15.2. The Bertz CT molecular complexity index is 2080. The highest BCUT2D eigenvalue weighted by atomic mass is 35.5. The SMILES string of the molecule is O=c1[nH]c(-c2cc(F)c3nc([C@]4(O)C5=CC6C[C@]64C[C@H](OCc4c(-c6c(Cl)cccc6Cl)noc4C4CC4)C5)sc3c2)no1. The Morgan fingerprint density at radius 3 is 2.70 bits per heavy atom. The van der Waals surface area contributed by atoms with E-state index in [2.05, 4.69) is 30.9 Å². The molecule has 3 saturated carbocycles. The number of aliphatic hydroxyl groups is 1. The second kappa shape index (κ2) is 9.34. The van der Waals surface area contributed by atoms with Crippen LogP contribution in [0.2, 0.25) is 10.0 Å². The van der Waals surface area contributed by atoms with Crippen LogP contribution in [0.25, 0.3) is 32.9 Å². The summed E-state index contributed by atoms with van der Waals surface area (Å²) in [7, 11) is 0. The third-order valence-electron chi connectivity index (χ3n) is 9.66. The Kier molecular flexibility index (Phi) is 5.73. The van der Waals surface area contributed by atoms with Crippen LogP contribution in [-0.4, -0.2) is 31.5 Å². The van der Waals surface area contributed by atoms with Gasteiger partial charge in [0.1, 0.15) is 27.6 Å². The highest BCUT2D eigenvalue weighted by Crippen LogP contribution is 2.76. The van der Waals surface area contributed by atoms with Crippen molar-refractivity contribution in [2.24, 2.45) is 11.3 Å². The van der Waals surface area contributed by atoms with Gasteiger partial charge < -0.3 is 14.4 Å². The van der Waals surface area contributed by atoms with Gasteiger partial charge in [-0.1, -0.05) is 45.7 Å². The summed E-state index contributed by atoms with van der Waals surface area (Å²) in [6.07, 6.45) is 6.03. The van der Waals surface area contributed by atoms with Crippen LogP contribution in [0, 0.1) is 17.2 Å². The first-order valence-corrected chi connectivity index (χ1v) is 16.0. The highest BCUT2D eigenvalue weighted by molar-refractivity contribution is 7.18. The van der Waals surface area contributed by atoms with Crippen molar-refractivity contribution in [2.45, 2.75) is 56.3 Å². The van der Waals surface area contributed by atoms with Crippen molar-refractivity contribution in [3.63, 3.8) is 0 Å². The maximum absolute atomic E-state index is 15.2. The summed E-state index contributed by atoms with van der Waals surface area (Å²) in [6.45, 7) is 0.280. The summed E-state index contributed by atoms with van der Waals surface area (Å²) in [5.41, 5.74) is 1.72. The Hall–Kier alpha value is -3.35. The van der Waals surface area contributed by atoms with E-state index in [1.165, 1.54) is 17.4 Å². The molecule has 2 aromatic carbocycles. The Morgan fingerprint density at radius 2 is 1.98 bits per heavy atom. The van der Waals surface area contributed by atoms with Crippen LogP contribution in [0.4, 0.5) is 4.39 Å². The molecule has 13 heteroatoms. The van der Waals surface area contributed by atoms with E-state index < -0.39 is 22.6 Å². The number of fused-ring (bicyclic) bond motifs is 2. The molecule has 4 atom stereocenters. The lowest BCUT2D eigenvalue weighted by Gasteiger charge is -2.42. The minimum atomic E-state index is -1.30. The normalized spacial score (nSPS) is 27.1. The monoisotopic (exact) mass is 652 g/mol. The number of allylic oxidation sites excluding steroid dienone is 1. The number of hydrogen-bond donors (Lipinski definition) is 2. The molecule has 9 rings (SSSR count). The molecule has 1 unspecified atom stereocenters. The second-order valence-corrected chi connectivity index (χ2v) is 14.1. The minimum absolute atomic E-state index is 0.128. The first kappa shape index (κ1) is 27.0. The molecule has 4 aliphatic rings. The molecule has 0 amide bonds. The number of H-pyrrole nitrogens is 1. The van der Waals surface area contributed by atoms with E-state index in [0.29, 0.717) is 55.3 Å². The molecule has 2 bridgehead atoms. The molecule has 0 radical (unpaired) electrons. The summed E-state index contributed by atoms with van der Waals surface area (Å²) < 4.78 is 32.7. The van der Waals surface area contributed by atoms with E-state index in [-0.39, 0.29) is 30.0 Å². The molecular weight excluding hydrogens is 630 g/mol. The molecule has 9 nitrogen and oxygen atoms in total. The number of hydrogen-bond acceptors (Lipinski definition) is 9. The zero-order chi connectivity index (χ0) is 30.0. The van der Waals surface area contributed by atoms with Gasteiger partial charge in [-0.2, -0.15) is 0 Å². The topological polar surface area (TPSA) is 127 Å². The van der Waals surface area contributed by atoms with E-state index in [1.54, 1.807) is 24.3 Å². The smallest absolute Gasteiger partial charge is 0.378 e. The number of halogens is 3. The van der Waals surface area contributed by atoms with Crippen molar-refractivity contribution in [1.82, 2.24) is 20.3 Å². The number of nitrogens with zero attached hydrogens (tertiary/aromatic N) is 3. The van der Waals surface area contributed by atoms with Crippen molar-refractivity contribution in [3.05, 3.63) is 84.7 Å². The molecule has 4 aliphatic carbocycles. The van der Waals surface area contributed by atoms with Crippen molar-refractivity contribution in [3.8, 4) is 22.6 Å². The maximum Gasteiger partial charge on any atom is 0.439 e. The van der Waals surface area contributed by atoms with E-state index in [4.69, 9.17) is 32.5 Å². The fourth-order valence-electron chi connectivity index (χ4n) is 7.33. The Labute approximate surface area is 262 Å². The third kappa shape index (κ3) is 3.83. The molecule has 44 heavy (non-hydrogen) atoms. The molecule has 224 valence electrons. The van der Waals surface area contributed by atoms with Crippen LogP contribution in [0.15, 0.2) is 55.8 Å². The lowest BCUT2D eigenvalue weighted by Crippen LogP contribution is -2.44. The zero-order valence-electron chi connectivity index (χ0n) is 22.9. The van der Waals surface area contributed by atoms with Crippen molar-refractivity contribution in [2.75, 3.05) is 0 Å². The van der Waals surface area contributed by atoms with Gasteiger partial charge in [-0.3, -0.25) is 9.51 Å². The fraction of sp³-hybridized carbons (Fsp3) is 0.355. The van der Waals surface area contributed by atoms with Gasteiger partial charge in [0.2, 0.25) is 0 Å². The molecular formula is C31H23Cl2FN4O5S. The fourth-order valence-corrected chi connectivity index (χ4v) is 9.15. The van der Waals surface area contributed by atoms with Crippen LogP contribution < -0.4 is 5.76 Å². The quantitative estimate of drug-likeness (QED) is 0.178. The zero-order valence-corrected chi connectivity index (χ0v) is 25.2. The van der Waals surface area contributed by atoms with Gasteiger partial charge in [0.15, 0.2) is 11.6 Å². The van der Waals surface area contributed by atoms with Gasteiger partial charge in [0.05, 0.1) is 27.5 Å². The number of benzene rings is 2. The summed E-state index contributed by atoms with van der Waals surface area (Å²) in [5, 5.41) is 21.8. The number of thiazole rings is 1. The molecule has 0 saturated heterocycles. The Morgan fingerprint density at radius 1 is 1.16 bits per heavy atom.